The average molecular weight is 263 g/mol. The predicted octanol–water partition coefficient (Wildman–Crippen LogP) is 0.811. The maximum Gasteiger partial charge on any atom is 0.270 e. The summed E-state index contributed by atoms with van der Waals surface area (Å²) < 4.78 is 1.64. The van der Waals surface area contributed by atoms with Gasteiger partial charge in [0, 0.05) is 30.1 Å². The third-order valence-electron chi connectivity index (χ3n) is 2.65. The van der Waals surface area contributed by atoms with Crippen LogP contribution in [0.2, 0.25) is 0 Å². The van der Waals surface area contributed by atoms with E-state index in [-0.39, 0.29) is 18.8 Å². The minimum atomic E-state index is -0.897. The SMILES string of the molecule is O=[N+]([O-])c1cccc(-c2nccn2CC(O)CO)c1. The van der Waals surface area contributed by atoms with Crippen LogP contribution in [0.1, 0.15) is 0 Å². The van der Waals surface area contributed by atoms with Crippen LogP contribution in [0, 0.1) is 10.1 Å². The summed E-state index contributed by atoms with van der Waals surface area (Å²) >= 11 is 0. The Kier molecular flexibility index (Phi) is 3.88. The number of imidazole rings is 1. The molecule has 0 fully saturated rings. The lowest BCUT2D eigenvalue weighted by Crippen LogP contribution is -2.19. The Balaban J connectivity index is 2.34. The van der Waals surface area contributed by atoms with Gasteiger partial charge < -0.3 is 14.8 Å². The van der Waals surface area contributed by atoms with Crippen LogP contribution >= 0.6 is 0 Å². The van der Waals surface area contributed by atoms with Gasteiger partial charge in [-0.15, -0.1) is 0 Å². The molecule has 0 aliphatic heterocycles. The van der Waals surface area contributed by atoms with Crippen LogP contribution in [-0.2, 0) is 6.54 Å². The van der Waals surface area contributed by atoms with Gasteiger partial charge in [-0.3, -0.25) is 10.1 Å². The van der Waals surface area contributed by atoms with Crippen LogP contribution in [0.4, 0.5) is 5.69 Å². The first kappa shape index (κ1) is 13.2. The fraction of sp³-hybridized carbons (Fsp3) is 0.250. The van der Waals surface area contributed by atoms with Crippen molar-refractivity contribution in [2.75, 3.05) is 6.61 Å². The summed E-state index contributed by atoms with van der Waals surface area (Å²) in [4.78, 5) is 14.4. The number of hydrogen-bond acceptors (Lipinski definition) is 5. The van der Waals surface area contributed by atoms with Gasteiger partial charge in [0.15, 0.2) is 0 Å². The van der Waals surface area contributed by atoms with E-state index in [1.54, 1.807) is 22.9 Å². The average Bonchev–Trinajstić information content (AvgIpc) is 2.86. The van der Waals surface area contributed by atoms with Gasteiger partial charge >= 0.3 is 0 Å². The molecule has 0 amide bonds. The Morgan fingerprint density at radius 2 is 2.26 bits per heavy atom. The maximum absolute atomic E-state index is 10.7. The topological polar surface area (TPSA) is 101 Å². The molecule has 0 saturated heterocycles. The van der Waals surface area contributed by atoms with Gasteiger partial charge in [0.2, 0.25) is 0 Å². The molecule has 0 bridgehead atoms. The van der Waals surface area contributed by atoms with Gasteiger partial charge in [0.25, 0.3) is 5.69 Å². The van der Waals surface area contributed by atoms with Crippen molar-refractivity contribution in [3.8, 4) is 11.4 Å². The number of hydrogen-bond donors (Lipinski definition) is 2. The number of aliphatic hydroxyl groups excluding tert-OH is 2. The first-order valence-electron chi connectivity index (χ1n) is 5.66. The molecule has 2 aromatic rings. The van der Waals surface area contributed by atoms with Crippen LogP contribution < -0.4 is 0 Å². The summed E-state index contributed by atoms with van der Waals surface area (Å²) in [5, 5.41) is 29.0. The smallest absolute Gasteiger partial charge is 0.270 e. The minimum Gasteiger partial charge on any atom is -0.394 e. The van der Waals surface area contributed by atoms with Crippen LogP contribution in [0.5, 0.6) is 0 Å². The Labute approximate surface area is 108 Å². The van der Waals surface area contributed by atoms with Crippen molar-refractivity contribution < 1.29 is 15.1 Å². The van der Waals surface area contributed by atoms with Crippen molar-refractivity contribution in [2.24, 2.45) is 0 Å². The summed E-state index contributed by atoms with van der Waals surface area (Å²) in [6.07, 6.45) is 2.29. The highest BCUT2D eigenvalue weighted by atomic mass is 16.6. The maximum atomic E-state index is 10.7. The largest absolute Gasteiger partial charge is 0.394 e. The molecule has 0 saturated carbocycles. The Hall–Kier alpha value is -2.25. The van der Waals surface area contributed by atoms with Crippen LogP contribution in [0.25, 0.3) is 11.4 Å². The van der Waals surface area contributed by atoms with Crippen molar-refractivity contribution in [1.29, 1.82) is 0 Å². The third-order valence-corrected chi connectivity index (χ3v) is 2.65. The molecular weight excluding hydrogens is 250 g/mol. The normalized spacial score (nSPS) is 12.3. The molecule has 2 N–H and O–H groups in total. The molecule has 1 atom stereocenters. The standard InChI is InChI=1S/C12H13N3O4/c16-8-11(17)7-14-5-4-13-12(14)9-2-1-3-10(6-9)15(18)19/h1-6,11,16-17H,7-8H2. The monoisotopic (exact) mass is 263 g/mol. The number of aliphatic hydroxyl groups is 2. The third kappa shape index (κ3) is 2.95. The Bertz CT molecular complexity index is 582. The number of nitro benzene ring substituents is 1. The second-order valence-corrected chi connectivity index (χ2v) is 4.05. The number of rotatable bonds is 5. The van der Waals surface area contributed by atoms with E-state index in [4.69, 9.17) is 5.11 Å². The van der Waals surface area contributed by atoms with Crippen molar-refractivity contribution in [2.45, 2.75) is 12.6 Å². The first-order valence-corrected chi connectivity index (χ1v) is 5.66. The number of aromatic nitrogens is 2. The quantitative estimate of drug-likeness (QED) is 0.614. The molecule has 100 valence electrons. The van der Waals surface area contributed by atoms with E-state index in [0.717, 1.165) is 0 Å². The number of non-ortho nitro benzene ring substituents is 1. The second-order valence-electron chi connectivity index (χ2n) is 4.05. The summed E-state index contributed by atoms with van der Waals surface area (Å²) in [6, 6.07) is 6.11. The molecule has 2 rings (SSSR count). The lowest BCUT2D eigenvalue weighted by Gasteiger charge is -2.11. The van der Waals surface area contributed by atoms with Gasteiger partial charge in [-0.1, -0.05) is 12.1 Å². The van der Waals surface area contributed by atoms with Gasteiger partial charge in [0.1, 0.15) is 5.82 Å². The molecule has 1 unspecified atom stereocenters. The van der Waals surface area contributed by atoms with E-state index in [2.05, 4.69) is 4.98 Å². The van der Waals surface area contributed by atoms with Crippen molar-refractivity contribution in [1.82, 2.24) is 9.55 Å². The zero-order valence-corrected chi connectivity index (χ0v) is 10.0. The Morgan fingerprint density at radius 3 is 2.95 bits per heavy atom. The zero-order chi connectivity index (χ0) is 13.8. The highest BCUT2D eigenvalue weighted by Crippen LogP contribution is 2.22. The fourth-order valence-electron chi connectivity index (χ4n) is 1.76. The van der Waals surface area contributed by atoms with E-state index in [1.165, 1.54) is 18.3 Å². The van der Waals surface area contributed by atoms with Crippen LogP contribution in [-0.4, -0.2) is 37.4 Å². The first-order chi connectivity index (χ1) is 9.11. The summed E-state index contributed by atoms with van der Waals surface area (Å²) in [6.45, 7) is -0.179. The molecule has 0 spiro atoms. The predicted molar refractivity (Wildman–Crippen MR) is 67.4 cm³/mol. The molecule has 1 aromatic heterocycles. The van der Waals surface area contributed by atoms with Crippen molar-refractivity contribution >= 4 is 5.69 Å². The molecule has 19 heavy (non-hydrogen) atoms. The molecule has 7 nitrogen and oxygen atoms in total. The molecule has 0 radical (unpaired) electrons. The van der Waals surface area contributed by atoms with Crippen LogP contribution in [0.3, 0.4) is 0 Å². The summed E-state index contributed by atoms with van der Waals surface area (Å²) in [5.74, 6) is 0.510. The van der Waals surface area contributed by atoms with E-state index >= 15 is 0 Å². The Morgan fingerprint density at radius 1 is 1.47 bits per heavy atom. The zero-order valence-electron chi connectivity index (χ0n) is 10.0. The molecule has 7 heteroatoms. The molecular formula is C12H13N3O4. The molecule has 0 aliphatic carbocycles. The molecule has 1 heterocycles. The van der Waals surface area contributed by atoms with Gasteiger partial charge in [-0.25, -0.2) is 4.98 Å². The fourth-order valence-corrected chi connectivity index (χ4v) is 1.76. The highest BCUT2D eigenvalue weighted by molar-refractivity contribution is 5.59. The summed E-state index contributed by atoms with van der Waals surface area (Å²) in [7, 11) is 0. The second kappa shape index (κ2) is 5.59. The number of benzene rings is 1. The lowest BCUT2D eigenvalue weighted by molar-refractivity contribution is -0.384. The van der Waals surface area contributed by atoms with Crippen molar-refractivity contribution in [3.05, 3.63) is 46.8 Å². The van der Waals surface area contributed by atoms with Crippen LogP contribution in [0.15, 0.2) is 36.7 Å². The van der Waals surface area contributed by atoms with Gasteiger partial charge in [-0.05, 0) is 0 Å². The molecule has 1 aromatic carbocycles. The highest BCUT2D eigenvalue weighted by Gasteiger charge is 2.12. The van der Waals surface area contributed by atoms with E-state index in [1.807, 2.05) is 0 Å². The summed E-state index contributed by atoms with van der Waals surface area (Å²) in [5.41, 5.74) is 0.569. The molecule has 0 aliphatic rings. The van der Waals surface area contributed by atoms with Gasteiger partial charge in [-0.2, -0.15) is 0 Å². The van der Waals surface area contributed by atoms with E-state index < -0.39 is 11.0 Å². The lowest BCUT2D eigenvalue weighted by atomic mass is 10.2. The van der Waals surface area contributed by atoms with E-state index in [9.17, 15) is 15.2 Å². The number of nitro groups is 1. The van der Waals surface area contributed by atoms with Crippen molar-refractivity contribution in [3.63, 3.8) is 0 Å². The van der Waals surface area contributed by atoms with E-state index in [0.29, 0.717) is 11.4 Å². The number of nitrogens with zero attached hydrogens (tertiary/aromatic N) is 3. The minimum absolute atomic E-state index is 0.0187. The van der Waals surface area contributed by atoms with Gasteiger partial charge in [0.05, 0.1) is 24.2 Å².